The summed E-state index contributed by atoms with van der Waals surface area (Å²) in [6, 6.07) is 0. The quantitative estimate of drug-likeness (QED) is 0.644. The van der Waals surface area contributed by atoms with E-state index in [9.17, 15) is 4.79 Å². The zero-order valence-electron chi connectivity index (χ0n) is 11.9. The van der Waals surface area contributed by atoms with Gasteiger partial charge in [-0.15, -0.1) is 24.5 Å². The third-order valence-electron chi connectivity index (χ3n) is 2.27. The van der Waals surface area contributed by atoms with Gasteiger partial charge in [0.25, 0.3) is 5.91 Å². The van der Waals surface area contributed by atoms with Crippen molar-refractivity contribution in [3.8, 4) is 5.75 Å². The Morgan fingerprint density at radius 1 is 1.40 bits per heavy atom. The van der Waals surface area contributed by atoms with Crippen LogP contribution in [0.3, 0.4) is 0 Å². The molecule has 0 bridgehead atoms. The van der Waals surface area contributed by atoms with E-state index >= 15 is 0 Å². The van der Waals surface area contributed by atoms with Gasteiger partial charge in [-0.1, -0.05) is 12.2 Å². The second kappa shape index (κ2) is 7.59. The van der Waals surface area contributed by atoms with Gasteiger partial charge in [-0.2, -0.15) is 0 Å². The Balaban J connectivity index is 3.06. The third kappa shape index (κ3) is 4.03. The van der Waals surface area contributed by atoms with Crippen LogP contribution in [0.4, 0.5) is 10.7 Å². The molecule has 1 aromatic rings. The fourth-order valence-corrected chi connectivity index (χ4v) is 2.45. The molecule has 0 radical (unpaired) electrons. The van der Waals surface area contributed by atoms with Crippen LogP contribution in [0.15, 0.2) is 25.3 Å². The predicted molar refractivity (Wildman–Crippen MR) is 85.7 cm³/mol. The number of anilines is 2. The van der Waals surface area contributed by atoms with Crippen LogP contribution in [0.5, 0.6) is 5.75 Å². The van der Waals surface area contributed by atoms with Crippen LogP contribution >= 0.6 is 11.3 Å². The van der Waals surface area contributed by atoms with Crippen LogP contribution in [-0.4, -0.2) is 25.1 Å². The van der Waals surface area contributed by atoms with Gasteiger partial charge in [-0.25, -0.2) is 0 Å². The van der Waals surface area contributed by atoms with Crippen LogP contribution in [0, 0.1) is 0 Å². The molecule has 5 nitrogen and oxygen atoms in total. The van der Waals surface area contributed by atoms with E-state index in [0.717, 1.165) is 5.00 Å². The van der Waals surface area contributed by atoms with Crippen molar-refractivity contribution in [1.82, 2.24) is 5.32 Å². The van der Waals surface area contributed by atoms with Gasteiger partial charge >= 0.3 is 0 Å². The standard InChI is InChI=1S/C14H21N3O2S/c1-5-7-16-13(18)12-10(15)11(19-9(3)4)14(20-12)17-8-6-2/h5-6,9,17H,1-2,7-8,15H2,3-4H3,(H,16,18). The predicted octanol–water partition coefficient (Wildman–Crippen LogP) is 2.63. The highest BCUT2D eigenvalue weighted by Gasteiger charge is 2.22. The van der Waals surface area contributed by atoms with Crippen LogP contribution in [-0.2, 0) is 0 Å². The van der Waals surface area contributed by atoms with E-state index in [2.05, 4.69) is 23.8 Å². The maximum absolute atomic E-state index is 12.0. The van der Waals surface area contributed by atoms with Crippen molar-refractivity contribution in [2.75, 3.05) is 24.1 Å². The molecule has 110 valence electrons. The summed E-state index contributed by atoms with van der Waals surface area (Å²) in [5.41, 5.74) is 6.39. The Morgan fingerprint density at radius 3 is 2.60 bits per heavy atom. The molecular weight excluding hydrogens is 274 g/mol. The molecular formula is C14H21N3O2S. The molecule has 1 amide bonds. The number of thiophene rings is 1. The Morgan fingerprint density at radius 2 is 2.05 bits per heavy atom. The molecule has 1 heterocycles. The fourth-order valence-electron chi connectivity index (χ4n) is 1.48. The molecule has 0 atom stereocenters. The molecule has 0 aromatic carbocycles. The first-order valence-corrected chi connectivity index (χ1v) is 7.15. The molecule has 4 N–H and O–H groups in total. The normalized spacial score (nSPS) is 10.2. The zero-order valence-corrected chi connectivity index (χ0v) is 12.7. The number of carbonyl (C=O) groups excluding carboxylic acids is 1. The number of hydrogen-bond acceptors (Lipinski definition) is 5. The molecule has 0 fully saturated rings. The van der Waals surface area contributed by atoms with Gasteiger partial charge in [-0.05, 0) is 13.8 Å². The summed E-state index contributed by atoms with van der Waals surface area (Å²) in [4.78, 5) is 12.5. The lowest BCUT2D eigenvalue weighted by atomic mass is 10.3. The number of nitrogen functional groups attached to an aromatic ring is 1. The van der Waals surface area contributed by atoms with Gasteiger partial charge in [0.1, 0.15) is 15.6 Å². The van der Waals surface area contributed by atoms with Crippen LogP contribution in [0.1, 0.15) is 23.5 Å². The molecule has 1 aromatic heterocycles. The van der Waals surface area contributed by atoms with Gasteiger partial charge < -0.3 is 21.1 Å². The zero-order chi connectivity index (χ0) is 15.1. The molecule has 0 aliphatic rings. The largest absolute Gasteiger partial charge is 0.486 e. The maximum atomic E-state index is 12.0. The Kier molecular flexibility index (Phi) is 6.11. The monoisotopic (exact) mass is 295 g/mol. The second-order valence-corrected chi connectivity index (χ2v) is 5.36. The smallest absolute Gasteiger partial charge is 0.263 e. The fraction of sp³-hybridized carbons (Fsp3) is 0.357. The SMILES string of the molecule is C=CCNC(=O)c1sc(NCC=C)c(OC(C)C)c1N. The van der Waals surface area contributed by atoms with E-state index in [4.69, 9.17) is 10.5 Å². The molecule has 0 spiro atoms. The number of hydrogen-bond donors (Lipinski definition) is 3. The lowest BCUT2D eigenvalue weighted by molar-refractivity contribution is 0.0962. The topological polar surface area (TPSA) is 76.4 Å². The minimum Gasteiger partial charge on any atom is -0.486 e. The van der Waals surface area contributed by atoms with Gasteiger partial charge in [0.05, 0.1) is 6.10 Å². The lowest BCUT2D eigenvalue weighted by Crippen LogP contribution is -2.23. The first-order chi connectivity index (χ1) is 9.51. The number of carbonyl (C=O) groups is 1. The molecule has 0 saturated carbocycles. The molecule has 0 aliphatic carbocycles. The highest BCUT2D eigenvalue weighted by atomic mass is 32.1. The summed E-state index contributed by atoms with van der Waals surface area (Å²) in [5.74, 6) is 0.295. The van der Waals surface area contributed by atoms with Crippen molar-refractivity contribution in [2.24, 2.45) is 0 Å². The highest BCUT2D eigenvalue weighted by Crippen LogP contribution is 2.43. The number of rotatable bonds is 8. The number of amides is 1. The van der Waals surface area contributed by atoms with Crippen molar-refractivity contribution in [3.05, 3.63) is 30.2 Å². The molecule has 20 heavy (non-hydrogen) atoms. The summed E-state index contributed by atoms with van der Waals surface area (Å²) in [7, 11) is 0. The average Bonchev–Trinajstić information content (AvgIpc) is 2.70. The van der Waals surface area contributed by atoms with E-state index in [-0.39, 0.29) is 12.0 Å². The van der Waals surface area contributed by atoms with Crippen LogP contribution < -0.4 is 21.1 Å². The molecule has 0 unspecified atom stereocenters. The summed E-state index contributed by atoms with van der Waals surface area (Å²) < 4.78 is 5.70. The molecule has 6 heteroatoms. The molecule has 0 saturated heterocycles. The summed E-state index contributed by atoms with van der Waals surface area (Å²) in [6.07, 6.45) is 3.32. The van der Waals surface area contributed by atoms with Crippen molar-refractivity contribution < 1.29 is 9.53 Å². The van der Waals surface area contributed by atoms with Gasteiger partial charge in [0.2, 0.25) is 0 Å². The number of ether oxygens (including phenoxy) is 1. The summed E-state index contributed by atoms with van der Waals surface area (Å²) in [6.45, 7) is 12.0. The molecule has 0 aliphatic heterocycles. The van der Waals surface area contributed by atoms with E-state index in [1.165, 1.54) is 11.3 Å². The van der Waals surface area contributed by atoms with Crippen molar-refractivity contribution in [3.63, 3.8) is 0 Å². The highest BCUT2D eigenvalue weighted by molar-refractivity contribution is 7.19. The lowest BCUT2D eigenvalue weighted by Gasteiger charge is -2.12. The third-order valence-corrected chi connectivity index (χ3v) is 3.42. The van der Waals surface area contributed by atoms with E-state index in [1.807, 2.05) is 13.8 Å². The van der Waals surface area contributed by atoms with E-state index < -0.39 is 0 Å². The minimum atomic E-state index is -0.229. The van der Waals surface area contributed by atoms with E-state index in [1.54, 1.807) is 12.2 Å². The van der Waals surface area contributed by atoms with Crippen molar-refractivity contribution in [2.45, 2.75) is 20.0 Å². The second-order valence-electron chi connectivity index (χ2n) is 4.34. The summed E-state index contributed by atoms with van der Waals surface area (Å²) in [5, 5.41) is 6.58. The van der Waals surface area contributed by atoms with Gasteiger partial charge in [-0.3, -0.25) is 4.79 Å². The molecule has 1 rings (SSSR count). The average molecular weight is 295 g/mol. The Labute approximate surface area is 123 Å². The van der Waals surface area contributed by atoms with Crippen LogP contribution in [0.25, 0.3) is 0 Å². The minimum absolute atomic E-state index is 0.0275. The maximum Gasteiger partial charge on any atom is 0.263 e. The van der Waals surface area contributed by atoms with Crippen molar-refractivity contribution >= 4 is 27.9 Å². The van der Waals surface area contributed by atoms with Gasteiger partial charge in [0, 0.05) is 13.1 Å². The first-order valence-electron chi connectivity index (χ1n) is 6.34. The van der Waals surface area contributed by atoms with E-state index in [0.29, 0.717) is 29.4 Å². The number of nitrogens with one attached hydrogen (secondary N) is 2. The Hall–Kier alpha value is -1.95. The van der Waals surface area contributed by atoms with Crippen molar-refractivity contribution in [1.29, 1.82) is 0 Å². The van der Waals surface area contributed by atoms with Gasteiger partial charge in [0.15, 0.2) is 5.75 Å². The summed E-state index contributed by atoms with van der Waals surface area (Å²) >= 11 is 1.27. The number of nitrogens with two attached hydrogens (primary N) is 1. The first kappa shape index (κ1) is 16.1. The Bertz CT molecular complexity index is 495. The van der Waals surface area contributed by atoms with Crippen LogP contribution in [0.2, 0.25) is 0 Å².